The molecule has 1 fully saturated rings. The molecule has 0 bridgehead atoms. The average molecular weight is 202 g/mol. The number of aliphatic hydroxyl groups excluding tert-OH is 2. The molecule has 0 aromatic rings. The number of hydrogen-bond acceptors (Lipinski definition) is 4. The van der Waals surface area contributed by atoms with E-state index in [4.69, 9.17) is 14.6 Å². The van der Waals surface area contributed by atoms with E-state index in [9.17, 15) is 5.11 Å². The minimum atomic E-state index is -0.633. The Kier molecular flexibility index (Phi) is 4.38. The molecule has 4 nitrogen and oxygen atoms in total. The van der Waals surface area contributed by atoms with Crippen molar-refractivity contribution in [3.63, 3.8) is 0 Å². The first kappa shape index (κ1) is 12.0. The van der Waals surface area contributed by atoms with Gasteiger partial charge in [0, 0.05) is 6.61 Å². The summed E-state index contributed by atoms with van der Waals surface area (Å²) in [4.78, 5) is 0. The van der Waals surface area contributed by atoms with Gasteiger partial charge in [0.2, 0.25) is 0 Å². The van der Waals surface area contributed by atoms with Gasteiger partial charge in [0.1, 0.15) is 26.2 Å². The fourth-order valence-corrected chi connectivity index (χ4v) is 1.58. The molecule has 0 aromatic carbocycles. The Hall–Kier alpha value is -0.0951. The summed E-state index contributed by atoms with van der Waals surface area (Å²) in [6, 6.07) is -0.260. The summed E-state index contributed by atoms with van der Waals surface area (Å²) in [6.07, 6.45) is -1.41. The van der Waals surface area contributed by atoms with E-state index in [1.807, 2.05) is 13.8 Å². The molecule has 0 radical (unpaired) electrons. The highest BCUT2D eigenvalue weighted by molar-refractivity contribution is 6.11. The summed E-state index contributed by atoms with van der Waals surface area (Å²) in [5.74, 6) is 0.414. The van der Waals surface area contributed by atoms with Gasteiger partial charge in [-0.25, -0.2) is 0 Å². The number of ether oxygens (including phenoxy) is 2. The van der Waals surface area contributed by atoms with Crippen molar-refractivity contribution in [3.8, 4) is 0 Å². The molecule has 1 unspecified atom stereocenters. The van der Waals surface area contributed by atoms with Gasteiger partial charge in [-0.1, -0.05) is 13.8 Å². The van der Waals surface area contributed by atoms with Crippen LogP contribution < -0.4 is 0 Å². The van der Waals surface area contributed by atoms with E-state index >= 15 is 0 Å². The molecule has 4 atom stereocenters. The lowest BCUT2D eigenvalue weighted by atomic mass is 9.93. The molecule has 82 valence electrons. The Morgan fingerprint density at radius 2 is 2.14 bits per heavy atom. The maximum absolute atomic E-state index is 9.71. The van der Waals surface area contributed by atoms with Crippen molar-refractivity contribution < 1.29 is 19.7 Å². The van der Waals surface area contributed by atoms with Gasteiger partial charge in [-0.2, -0.15) is 0 Å². The van der Waals surface area contributed by atoms with Crippen LogP contribution in [0.2, 0.25) is 0 Å². The summed E-state index contributed by atoms with van der Waals surface area (Å²) in [6.45, 7) is 4.55. The first-order valence-electron chi connectivity index (χ1n) is 5.12. The standard InChI is InChI=1S/C9H19BO4/c1-5(2)4-13-8-6(3-11)14-9(10)7(8)12/h5-9,11-12H,3-4,10H2,1-2H3/t6-,7?,8+,9-/m1/s1. The smallest absolute Gasteiger partial charge is 0.142 e. The highest BCUT2D eigenvalue weighted by Crippen LogP contribution is 2.22. The molecule has 1 rings (SSSR count). The molecule has 1 heterocycles. The molecule has 1 saturated heterocycles. The minimum Gasteiger partial charge on any atom is -0.394 e. The van der Waals surface area contributed by atoms with Crippen LogP contribution in [0.15, 0.2) is 0 Å². The van der Waals surface area contributed by atoms with Gasteiger partial charge in [0.05, 0.1) is 12.6 Å². The maximum Gasteiger partial charge on any atom is 0.142 e. The predicted octanol–water partition coefficient (Wildman–Crippen LogP) is -1.26. The van der Waals surface area contributed by atoms with Gasteiger partial charge in [-0.3, -0.25) is 0 Å². The molecule has 5 heteroatoms. The van der Waals surface area contributed by atoms with E-state index < -0.39 is 18.3 Å². The first-order valence-corrected chi connectivity index (χ1v) is 5.12. The molecule has 0 amide bonds. The zero-order chi connectivity index (χ0) is 10.7. The summed E-state index contributed by atoms with van der Waals surface area (Å²) in [5, 5.41) is 18.7. The zero-order valence-electron chi connectivity index (χ0n) is 9.01. The second-order valence-corrected chi connectivity index (χ2v) is 4.24. The zero-order valence-corrected chi connectivity index (χ0v) is 9.01. The minimum absolute atomic E-state index is 0.107. The van der Waals surface area contributed by atoms with Crippen LogP contribution >= 0.6 is 0 Å². The van der Waals surface area contributed by atoms with Crippen molar-refractivity contribution in [3.05, 3.63) is 0 Å². The fraction of sp³-hybridized carbons (Fsp3) is 1.00. The average Bonchev–Trinajstić information content (AvgIpc) is 2.40. The molecule has 1 aliphatic rings. The second-order valence-electron chi connectivity index (χ2n) is 4.24. The van der Waals surface area contributed by atoms with E-state index in [1.165, 1.54) is 0 Å². The van der Waals surface area contributed by atoms with Crippen LogP contribution in [-0.4, -0.2) is 55.6 Å². The van der Waals surface area contributed by atoms with Crippen molar-refractivity contribution in [1.29, 1.82) is 0 Å². The second kappa shape index (κ2) is 5.12. The molecule has 0 aliphatic carbocycles. The largest absolute Gasteiger partial charge is 0.394 e. The quantitative estimate of drug-likeness (QED) is 0.558. The van der Waals surface area contributed by atoms with Crippen LogP contribution in [0.25, 0.3) is 0 Å². The number of rotatable bonds is 4. The van der Waals surface area contributed by atoms with Gasteiger partial charge in [0.15, 0.2) is 0 Å². The summed E-state index contributed by atoms with van der Waals surface area (Å²) < 4.78 is 10.9. The van der Waals surface area contributed by atoms with Crippen molar-refractivity contribution >= 4 is 7.85 Å². The Labute approximate surface area is 85.6 Å². The van der Waals surface area contributed by atoms with Crippen LogP contribution in [0.4, 0.5) is 0 Å². The van der Waals surface area contributed by atoms with E-state index in [0.717, 1.165) is 0 Å². The molecular formula is C9H19BO4. The molecule has 14 heavy (non-hydrogen) atoms. The number of aliphatic hydroxyl groups is 2. The first-order chi connectivity index (χ1) is 6.56. The van der Waals surface area contributed by atoms with Crippen LogP contribution in [0, 0.1) is 5.92 Å². The molecule has 0 aromatic heterocycles. The topological polar surface area (TPSA) is 58.9 Å². The summed E-state index contributed by atoms with van der Waals surface area (Å²) >= 11 is 0. The molecule has 1 aliphatic heterocycles. The van der Waals surface area contributed by atoms with E-state index in [2.05, 4.69) is 0 Å². The molecule has 0 saturated carbocycles. The SMILES string of the molecule is B[C@@H]1O[C@H](CO)[C@H](OCC(C)C)C1O. The lowest BCUT2D eigenvalue weighted by molar-refractivity contribution is -0.0606. The van der Waals surface area contributed by atoms with Gasteiger partial charge in [0.25, 0.3) is 0 Å². The Morgan fingerprint density at radius 3 is 2.64 bits per heavy atom. The lowest BCUT2D eigenvalue weighted by Crippen LogP contribution is -2.37. The fourth-order valence-electron chi connectivity index (χ4n) is 1.58. The Balaban J connectivity index is 2.46. The van der Waals surface area contributed by atoms with Crippen LogP contribution in [-0.2, 0) is 9.47 Å². The Morgan fingerprint density at radius 1 is 1.50 bits per heavy atom. The van der Waals surface area contributed by atoms with Gasteiger partial charge < -0.3 is 19.7 Å². The predicted molar refractivity (Wildman–Crippen MR) is 54.9 cm³/mol. The normalized spacial score (nSPS) is 38.1. The van der Waals surface area contributed by atoms with Gasteiger partial charge in [-0.05, 0) is 5.92 Å². The Bertz CT molecular complexity index is 176. The van der Waals surface area contributed by atoms with E-state index in [-0.39, 0.29) is 12.6 Å². The van der Waals surface area contributed by atoms with Crippen molar-refractivity contribution in [1.82, 2.24) is 0 Å². The van der Waals surface area contributed by atoms with Crippen LogP contribution in [0.3, 0.4) is 0 Å². The van der Waals surface area contributed by atoms with E-state index in [0.29, 0.717) is 12.5 Å². The van der Waals surface area contributed by atoms with Crippen molar-refractivity contribution in [2.45, 2.75) is 38.2 Å². The van der Waals surface area contributed by atoms with Crippen molar-refractivity contribution in [2.24, 2.45) is 5.92 Å². The van der Waals surface area contributed by atoms with Gasteiger partial charge in [-0.15, -0.1) is 0 Å². The van der Waals surface area contributed by atoms with Crippen LogP contribution in [0.5, 0.6) is 0 Å². The third-order valence-electron chi connectivity index (χ3n) is 2.38. The number of hydrogen-bond donors (Lipinski definition) is 2. The summed E-state index contributed by atoms with van der Waals surface area (Å²) in [7, 11) is 1.78. The summed E-state index contributed by atoms with van der Waals surface area (Å²) in [5.41, 5.74) is 0. The third kappa shape index (κ3) is 2.70. The molecular weight excluding hydrogens is 183 g/mol. The van der Waals surface area contributed by atoms with Crippen molar-refractivity contribution in [2.75, 3.05) is 13.2 Å². The van der Waals surface area contributed by atoms with Crippen LogP contribution in [0.1, 0.15) is 13.8 Å². The van der Waals surface area contributed by atoms with E-state index in [1.54, 1.807) is 7.85 Å². The molecule has 0 spiro atoms. The van der Waals surface area contributed by atoms with Gasteiger partial charge >= 0.3 is 0 Å². The third-order valence-corrected chi connectivity index (χ3v) is 2.38. The monoisotopic (exact) mass is 202 g/mol. The maximum atomic E-state index is 9.71. The highest BCUT2D eigenvalue weighted by atomic mass is 16.6. The highest BCUT2D eigenvalue weighted by Gasteiger charge is 2.41. The lowest BCUT2D eigenvalue weighted by Gasteiger charge is -2.20. The molecule has 2 N–H and O–H groups in total.